The molecule has 0 unspecified atom stereocenters. The van der Waals surface area contributed by atoms with Crippen LogP contribution < -0.4 is 5.32 Å². The number of hydrogen-bond donors (Lipinski definition) is 2. The van der Waals surface area contributed by atoms with Gasteiger partial charge in [-0.2, -0.15) is 5.11 Å². The van der Waals surface area contributed by atoms with Crippen LogP contribution in [0, 0.1) is 0 Å². The van der Waals surface area contributed by atoms with E-state index in [9.17, 15) is 9.90 Å². The largest absolute Gasteiger partial charge is 0.505 e. The van der Waals surface area contributed by atoms with Crippen LogP contribution in [0.3, 0.4) is 0 Å². The van der Waals surface area contributed by atoms with E-state index >= 15 is 0 Å². The highest BCUT2D eigenvalue weighted by Crippen LogP contribution is 2.22. The molecule has 0 spiro atoms. The SMILES string of the molecule is O=C(Nc1cccnc1)C(N=Nc1ccc(Cl)cc1)=C(O)c1ccccc1. The molecule has 0 atom stereocenters. The van der Waals surface area contributed by atoms with Crippen molar-refractivity contribution in [2.45, 2.75) is 0 Å². The number of amides is 1. The van der Waals surface area contributed by atoms with Crippen molar-refractivity contribution in [2.24, 2.45) is 10.2 Å². The smallest absolute Gasteiger partial charge is 0.280 e. The van der Waals surface area contributed by atoms with Crippen molar-refractivity contribution < 1.29 is 9.90 Å². The van der Waals surface area contributed by atoms with E-state index in [4.69, 9.17) is 11.6 Å². The van der Waals surface area contributed by atoms with Crippen LogP contribution in [0.5, 0.6) is 0 Å². The summed E-state index contributed by atoms with van der Waals surface area (Å²) in [6.45, 7) is 0. The fourth-order valence-corrected chi connectivity index (χ4v) is 2.30. The van der Waals surface area contributed by atoms with Gasteiger partial charge in [0, 0.05) is 16.8 Å². The summed E-state index contributed by atoms with van der Waals surface area (Å²) in [7, 11) is 0. The predicted octanol–water partition coefficient (Wildman–Crippen LogP) is 5.38. The van der Waals surface area contributed by atoms with Gasteiger partial charge < -0.3 is 10.4 Å². The summed E-state index contributed by atoms with van der Waals surface area (Å²) >= 11 is 5.85. The molecule has 2 N–H and O–H groups in total. The highest BCUT2D eigenvalue weighted by molar-refractivity contribution is 6.30. The number of benzene rings is 2. The number of nitrogens with zero attached hydrogens (tertiary/aromatic N) is 3. The third kappa shape index (κ3) is 4.99. The lowest BCUT2D eigenvalue weighted by molar-refractivity contribution is -0.112. The van der Waals surface area contributed by atoms with Crippen molar-refractivity contribution in [3.05, 3.63) is 95.4 Å². The van der Waals surface area contributed by atoms with Crippen molar-refractivity contribution in [3.63, 3.8) is 0 Å². The highest BCUT2D eigenvalue weighted by atomic mass is 35.5. The van der Waals surface area contributed by atoms with Crippen molar-refractivity contribution >= 4 is 34.6 Å². The predicted molar refractivity (Wildman–Crippen MR) is 105 cm³/mol. The number of anilines is 1. The first-order valence-corrected chi connectivity index (χ1v) is 8.38. The second-order valence-corrected chi connectivity index (χ2v) is 5.87. The number of rotatable bonds is 5. The van der Waals surface area contributed by atoms with E-state index in [-0.39, 0.29) is 11.5 Å². The fourth-order valence-electron chi connectivity index (χ4n) is 2.18. The summed E-state index contributed by atoms with van der Waals surface area (Å²) in [5.74, 6) is -0.892. The highest BCUT2D eigenvalue weighted by Gasteiger charge is 2.17. The molecular formula is C20H15ClN4O2. The Bertz CT molecular complexity index is 972. The first kappa shape index (κ1) is 18.3. The van der Waals surface area contributed by atoms with E-state index in [2.05, 4.69) is 20.5 Å². The molecule has 1 amide bonds. The van der Waals surface area contributed by atoms with Crippen LogP contribution in [-0.4, -0.2) is 16.0 Å². The minimum atomic E-state index is -0.609. The molecule has 0 aliphatic rings. The summed E-state index contributed by atoms with van der Waals surface area (Å²) in [5, 5.41) is 21.8. The van der Waals surface area contributed by atoms with Gasteiger partial charge in [-0.1, -0.05) is 41.9 Å². The standard InChI is InChI=1S/C20H15ClN4O2/c21-15-8-10-16(11-9-15)24-25-18(19(26)14-5-2-1-3-6-14)20(27)23-17-7-4-12-22-13-17/h1-13,26H,(H,23,27). The van der Waals surface area contributed by atoms with E-state index < -0.39 is 5.91 Å². The van der Waals surface area contributed by atoms with E-state index in [0.29, 0.717) is 22.0 Å². The van der Waals surface area contributed by atoms with Crippen LogP contribution >= 0.6 is 11.6 Å². The van der Waals surface area contributed by atoms with Crippen molar-refractivity contribution in [1.82, 2.24) is 4.98 Å². The van der Waals surface area contributed by atoms with E-state index in [1.54, 1.807) is 72.9 Å². The van der Waals surface area contributed by atoms with Gasteiger partial charge in [0.1, 0.15) is 0 Å². The Balaban J connectivity index is 1.95. The minimum absolute atomic E-state index is 0.222. The summed E-state index contributed by atoms with van der Waals surface area (Å²) in [6, 6.07) is 18.6. The summed E-state index contributed by atoms with van der Waals surface area (Å²) in [5.41, 5.74) is 1.19. The lowest BCUT2D eigenvalue weighted by Crippen LogP contribution is -2.15. The molecule has 0 saturated heterocycles. The number of pyridine rings is 1. The molecule has 6 nitrogen and oxygen atoms in total. The average molecular weight is 379 g/mol. The average Bonchev–Trinajstić information content (AvgIpc) is 2.71. The van der Waals surface area contributed by atoms with E-state index in [1.807, 2.05) is 0 Å². The first-order chi connectivity index (χ1) is 13.1. The van der Waals surface area contributed by atoms with Crippen molar-refractivity contribution in [1.29, 1.82) is 0 Å². The van der Waals surface area contributed by atoms with Crippen LogP contribution in [0.4, 0.5) is 11.4 Å². The zero-order valence-corrected chi connectivity index (χ0v) is 14.8. The number of aliphatic hydroxyl groups is 1. The third-order valence-electron chi connectivity index (χ3n) is 3.50. The topological polar surface area (TPSA) is 86.9 Å². The monoisotopic (exact) mass is 378 g/mol. The Labute approximate surface area is 160 Å². The Morgan fingerprint density at radius 2 is 1.74 bits per heavy atom. The lowest BCUT2D eigenvalue weighted by atomic mass is 10.1. The normalized spacial score (nSPS) is 11.9. The summed E-state index contributed by atoms with van der Waals surface area (Å²) in [4.78, 5) is 16.6. The Morgan fingerprint density at radius 3 is 2.41 bits per heavy atom. The molecule has 27 heavy (non-hydrogen) atoms. The molecule has 134 valence electrons. The minimum Gasteiger partial charge on any atom is -0.505 e. The number of azo groups is 1. The molecule has 0 fully saturated rings. The van der Waals surface area contributed by atoms with E-state index in [0.717, 1.165) is 0 Å². The number of carbonyl (C=O) groups excluding carboxylic acids is 1. The molecule has 0 radical (unpaired) electrons. The van der Waals surface area contributed by atoms with Crippen LogP contribution in [0.2, 0.25) is 5.02 Å². The molecule has 0 bridgehead atoms. The number of carbonyl (C=O) groups is 1. The molecule has 7 heteroatoms. The molecule has 2 aromatic carbocycles. The molecule has 0 saturated carbocycles. The maximum absolute atomic E-state index is 12.7. The van der Waals surface area contributed by atoms with Gasteiger partial charge in [0.15, 0.2) is 11.5 Å². The third-order valence-corrected chi connectivity index (χ3v) is 3.75. The van der Waals surface area contributed by atoms with Crippen molar-refractivity contribution in [3.8, 4) is 0 Å². The first-order valence-electron chi connectivity index (χ1n) is 8.01. The van der Waals surface area contributed by atoms with Gasteiger partial charge in [0.2, 0.25) is 0 Å². The molecule has 0 aliphatic heterocycles. The van der Waals surface area contributed by atoms with E-state index in [1.165, 1.54) is 6.20 Å². The fraction of sp³-hybridized carbons (Fsp3) is 0. The van der Waals surface area contributed by atoms with Gasteiger partial charge in [-0.05, 0) is 36.4 Å². The maximum Gasteiger partial charge on any atom is 0.280 e. The van der Waals surface area contributed by atoms with Crippen LogP contribution in [0.25, 0.3) is 5.76 Å². The molecule has 1 aromatic heterocycles. The molecule has 0 aliphatic carbocycles. The Hall–Kier alpha value is -3.51. The van der Waals surface area contributed by atoms with Gasteiger partial charge in [0.05, 0.1) is 17.6 Å². The van der Waals surface area contributed by atoms with Crippen LogP contribution in [0.1, 0.15) is 5.56 Å². The Morgan fingerprint density at radius 1 is 1.00 bits per heavy atom. The molecule has 1 heterocycles. The van der Waals surface area contributed by atoms with Gasteiger partial charge in [-0.25, -0.2) is 0 Å². The van der Waals surface area contributed by atoms with Gasteiger partial charge >= 0.3 is 0 Å². The molecular weight excluding hydrogens is 364 g/mol. The summed E-state index contributed by atoms with van der Waals surface area (Å²) < 4.78 is 0. The number of aromatic nitrogens is 1. The van der Waals surface area contributed by atoms with Gasteiger partial charge in [0.25, 0.3) is 5.91 Å². The number of hydrogen-bond acceptors (Lipinski definition) is 5. The molecule has 3 rings (SSSR count). The number of nitrogens with one attached hydrogen (secondary N) is 1. The molecule has 3 aromatic rings. The number of halogens is 1. The zero-order chi connectivity index (χ0) is 19.1. The number of aliphatic hydroxyl groups excluding tert-OH is 1. The zero-order valence-electron chi connectivity index (χ0n) is 14.1. The quantitative estimate of drug-likeness (QED) is 0.354. The maximum atomic E-state index is 12.7. The summed E-state index contributed by atoms with van der Waals surface area (Å²) in [6.07, 6.45) is 3.08. The van der Waals surface area contributed by atoms with Crippen LogP contribution in [-0.2, 0) is 4.79 Å². The van der Waals surface area contributed by atoms with Crippen LogP contribution in [0.15, 0.2) is 95.0 Å². The van der Waals surface area contributed by atoms with Gasteiger partial charge in [-0.3, -0.25) is 9.78 Å². The second kappa shape index (κ2) is 8.73. The van der Waals surface area contributed by atoms with Crippen molar-refractivity contribution in [2.75, 3.05) is 5.32 Å². The van der Waals surface area contributed by atoms with Gasteiger partial charge in [-0.15, -0.1) is 5.11 Å². The lowest BCUT2D eigenvalue weighted by Gasteiger charge is -2.07. The Kier molecular flexibility index (Phi) is 5.91. The second-order valence-electron chi connectivity index (χ2n) is 5.44.